The molecule has 5 nitrogen and oxygen atoms in total. The largest absolute Gasteiger partial charge is 0.339 e. The fourth-order valence-corrected chi connectivity index (χ4v) is 3.50. The molecule has 116 valence electrons. The van der Waals surface area contributed by atoms with E-state index in [1.54, 1.807) is 0 Å². The summed E-state index contributed by atoms with van der Waals surface area (Å²) in [7, 11) is 1.96. The van der Waals surface area contributed by atoms with E-state index in [9.17, 15) is 0 Å². The molecule has 3 rings (SSSR count). The van der Waals surface area contributed by atoms with Crippen LogP contribution in [0.2, 0.25) is 0 Å². The molecule has 0 aromatic carbocycles. The number of likely N-dealkylation sites (tertiary alicyclic amines) is 1. The zero-order valence-corrected chi connectivity index (χ0v) is 13.3. The van der Waals surface area contributed by atoms with Crippen LogP contribution in [0.15, 0.2) is 6.20 Å². The molecule has 5 heteroatoms. The van der Waals surface area contributed by atoms with E-state index in [1.807, 2.05) is 13.2 Å². The van der Waals surface area contributed by atoms with Gasteiger partial charge >= 0.3 is 0 Å². The maximum absolute atomic E-state index is 4.71. The molecule has 21 heavy (non-hydrogen) atoms. The van der Waals surface area contributed by atoms with Gasteiger partial charge in [-0.25, -0.2) is 9.97 Å². The van der Waals surface area contributed by atoms with Gasteiger partial charge in [0.1, 0.15) is 0 Å². The van der Waals surface area contributed by atoms with Crippen LogP contribution >= 0.6 is 0 Å². The van der Waals surface area contributed by atoms with Crippen molar-refractivity contribution in [2.45, 2.75) is 45.2 Å². The third-order valence-corrected chi connectivity index (χ3v) is 4.79. The monoisotopic (exact) mass is 289 g/mol. The number of hydrogen-bond acceptors (Lipinski definition) is 5. The van der Waals surface area contributed by atoms with Crippen LogP contribution in [0.5, 0.6) is 0 Å². The molecular formula is C16H27N5. The third-order valence-electron chi connectivity index (χ3n) is 4.79. The molecule has 1 aromatic rings. The smallest absolute Gasteiger partial charge is 0.225 e. The summed E-state index contributed by atoms with van der Waals surface area (Å²) in [6.07, 6.45) is 7.36. The molecule has 2 aliphatic heterocycles. The molecule has 0 spiro atoms. The number of aromatic nitrogens is 2. The highest BCUT2D eigenvalue weighted by molar-refractivity contribution is 5.35. The number of piperidine rings is 1. The summed E-state index contributed by atoms with van der Waals surface area (Å²) in [5, 5.41) is 3.16. The first-order valence-corrected chi connectivity index (χ1v) is 8.24. The molecule has 0 aliphatic carbocycles. The Morgan fingerprint density at radius 1 is 1.24 bits per heavy atom. The highest BCUT2D eigenvalue weighted by Crippen LogP contribution is 2.23. The number of nitrogens with one attached hydrogen (secondary N) is 1. The van der Waals surface area contributed by atoms with Gasteiger partial charge in [0.25, 0.3) is 0 Å². The summed E-state index contributed by atoms with van der Waals surface area (Å²) in [6, 6.07) is 0.700. The highest BCUT2D eigenvalue weighted by Gasteiger charge is 2.29. The molecule has 2 aliphatic rings. The predicted molar refractivity (Wildman–Crippen MR) is 85.6 cm³/mol. The fourth-order valence-electron chi connectivity index (χ4n) is 3.50. The molecule has 0 amide bonds. The van der Waals surface area contributed by atoms with Crippen molar-refractivity contribution in [3.05, 3.63) is 17.5 Å². The second-order valence-electron chi connectivity index (χ2n) is 6.30. The number of rotatable bonds is 4. The minimum absolute atomic E-state index is 0.700. The molecule has 1 unspecified atom stereocenters. The van der Waals surface area contributed by atoms with Gasteiger partial charge < -0.3 is 10.2 Å². The summed E-state index contributed by atoms with van der Waals surface area (Å²) in [6.45, 7) is 7.65. The fraction of sp³-hybridized carbons (Fsp3) is 0.750. The van der Waals surface area contributed by atoms with Crippen LogP contribution in [-0.4, -0.2) is 54.1 Å². The minimum atomic E-state index is 0.700. The van der Waals surface area contributed by atoms with Gasteiger partial charge in [0.2, 0.25) is 5.95 Å². The Kier molecular flexibility index (Phi) is 4.70. The number of nitrogens with zero attached hydrogens (tertiary/aromatic N) is 4. The van der Waals surface area contributed by atoms with Gasteiger partial charge in [-0.3, -0.25) is 4.90 Å². The molecule has 2 saturated heterocycles. The maximum atomic E-state index is 4.71. The lowest BCUT2D eigenvalue weighted by Gasteiger charge is -2.32. The molecule has 1 aromatic heterocycles. The zero-order valence-electron chi connectivity index (χ0n) is 13.3. The van der Waals surface area contributed by atoms with E-state index in [1.165, 1.54) is 44.3 Å². The maximum Gasteiger partial charge on any atom is 0.225 e. The van der Waals surface area contributed by atoms with E-state index in [2.05, 4.69) is 27.0 Å². The molecule has 0 radical (unpaired) electrons. The van der Waals surface area contributed by atoms with E-state index < -0.39 is 0 Å². The average Bonchev–Trinajstić information content (AvgIpc) is 3.00. The van der Waals surface area contributed by atoms with Crippen LogP contribution in [-0.2, 0) is 6.54 Å². The third kappa shape index (κ3) is 3.35. The van der Waals surface area contributed by atoms with Crippen molar-refractivity contribution in [1.82, 2.24) is 20.2 Å². The van der Waals surface area contributed by atoms with Gasteiger partial charge in [0.15, 0.2) is 0 Å². The van der Waals surface area contributed by atoms with E-state index >= 15 is 0 Å². The molecule has 3 heterocycles. The van der Waals surface area contributed by atoms with Crippen LogP contribution in [0.3, 0.4) is 0 Å². The Morgan fingerprint density at radius 3 is 2.76 bits per heavy atom. The number of hydrogen-bond donors (Lipinski definition) is 1. The quantitative estimate of drug-likeness (QED) is 0.911. The van der Waals surface area contributed by atoms with Gasteiger partial charge in [-0.05, 0) is 46.3 Å². The Bertz CT molecular complexity index is 470. The van der Waals surface area contributed by atoms with E-state index in [0.717, 1.165) is 31.3 Å². The Labute approximate surface area is 127 Å². The van der Waals surface area contributed by atoms with Crippen molar-refractivity contribution in [3.63, 3.8) is 0 Å². The molecular weight excluding hydrogens is 262 g/mol. The van der Waals surface area contributed by atoms with Gasteiger partial charge in [-0.2, -0.15) is 0 Å². The predicted octanol–water partition coefficient (Wildman–Crippen LogP) is 1.57. The first-order valence-electron chi connectivity index (χ1n) is 8.24. The topological polar surface area (TPSA) is 44.3 Å². The molecule has 2 fully saturated rings. The van der Waals surface area contributed by atoms with Crippen molar-refractivity contribution >= 4 is 5.95 Å². The van der Waals surface area contributed by atoms with Crippen molar-refractivity contribution in [3.8, 4) is 0 Å². The van der Waals surface area contributed by atoms with E-state index in [0.29, 0.717) is 6.04 Å². The molecule has 1 N–H and O–H groups in total. The lowest BCUT2D eigenvalue weighted by molar-refractivity contribution is 0.174. The number of aryl methyl sites for hydroxylation is 1. The van der Waals surface area contributed by atoms with Crippen molar-refractivity contribution < 1.29 is 0 Å². The summed E-state index contributed by atoms with van der Waals surface area (Å²) < 4.78 is 0. The van der Waals surface area contributed by atoms with Gasteiger partial charge in [0.05, 0.1) is 0 Å². The van der Waals surface area contributed by atoms with Gasteiger partial charge in [-0.15, -0.1) is 0 Å². The minimum Gasteiger partial charge on any atom is -0.339 e. The van der Waals surface area contributed by atoms with Gasteiger partial charge in [-0.1, -0.05) is 6.42 Å². The summed E-state index contributed by atoms with van der Waals surface area (Å²) in [5.74, 6) is 0.909. The normalized spacial score (nSPS) is 23.7. The van der Waals surface area contributed by atoms with E-state index in [-0.39, 0.29) is 0 Å². The zero-order chi connectivity index (χ0) is 14.7. The second-order valence-corrected chi connectivity index (χ2v) is 6.30. The molecule has 0 saturated carbocycles. The van der Waals surface area contributed by atoms with Crippen LogP contribution in [0.1, 0.15) is 36.9 Å². The molecule has 1 atom stereocenters. The summed E-state index contributed by atoms with van der Waals surface area (Å²) in [4.78, 5) is 14.3. The van der Waals surface area contributed by atoms with Crippen LogP contribution in [0.25, 0.3) is 0 Å². The lowest BCUT2D eigenvalue weighted by atomic mass is 10.1. The van der Waals surface area contributed by atoms with Crippen LogP contribution in [0.4, 0.5) is 5.95 Å². The first kappa shape index (κ1) is 14.7. The van der Waals surface area contributed by atoms with E-state index in [4.69, 9.17) is 4.98 Å². The van der Waals surface area contributed by atoms with Crippen molar-refractivity contribution in [1.29, 1.82) is 0 Å². The second kappa shape index (κ2) is 6.71. The van der Waals surface area contributed by atoms with Crippen LogP contribution in [0, 0.1) is 6.92 Å². The first-order chi connectivity index (χ1) is 10.3. The van der Waals surface area contributed by atoms with Gasteiger partial charge in [0, 0.05) is 43.1 Å². The van der Waals surface area contributed by atoms with Crippen molar-refractivity contribution in [2.75, 3.05) is 38.1 Å². The van der Waals surface area contributed by atoms with Crippen LogP contribution < -0.4 is 10.2 Å². The lowest BCUT2D eigenvalue weighted by Crippen LogP contribution is -2.41. The highest BCUT2D eigenvalue weighted by atomic mass is 15.3. The van der Waals surface area contributed by atoms with Crippen molar-refractivity contribution in [2.24, 2.45) is 0 Å². The summed E-state index contributed by atoms with van der Waals surface area (Å²) >= 11 is 0. The number of anilines is 1. The molecule has 0 bridgehead atoms. The Balaban J connectivity index is 1.64. The standard InChI is InChI=1S/C16H27N5/c1-13-14(10-17-2)11-18-16(19-13)21-9-6-15(12-21)20-7-4-3-5-8-20/h11,15,17H,3-10,12H2,1-2H3. The Morgan fingerprint density at radius 2 is 2.05 bits per heavy atom. The average molecular weight is 289 g/mol. The summed E-state index contributed by atoms with van der Waals surface area (Å²) in [5.41, 5.74) is 2.28. The Hall–Kier alpha value is -1.20. The SMILES string of the molecule is CNCc1cnc(N2CCC(N3CCCCC3)C2)nc1C.